The lowest BCUT2D eigenvalue weighted by Gasteiger charge is -2.31. The van der Waals surface area contributed by atoms with Crippen LogP contribution in [0.5, 0.6) is 0 Å². The normalized spacial score (nSPS) is 15.0. The summed E-state index contributed by atoms with van der Waals surface area (Å²) in [7, 11) is 0. The van der Waals surface area contributed by atoms with E-state index in [1.54, 1.807) is 0 Å². The van der Waals surface area contributed by atoms with E-state index < -0.39 is 11.6 Å². The summed E-state index contributed by atoms with van der Waals surface area (Å²) in [6, 6.07) is 0. The summed E-state index contributed by atoms with van der Waals surface area (Å²) in [5, 5.41) is 17.7. The van der Waals surface area contributed by atoms with E-state index in [1.165, 1.54) is 4.90 Å². The lowest BCUT2D eigenvalue weighted by atomic mass is 10.1. The number of carbonyl (C=O) groups is 1. The van der Waals surface area contributed by atoms with Crippen molar-refractivity contribution in [3.8, 4) is 0 Å². The molecule has 0 atom stereocenters. The van der Waals surface area contributed by atoms with Gasteiger partial charge in [-0.15, -0.1) is 0 Å². The highest BCUT2D eigenvalue weighted by molar-refractivity contribution is 5.88. The van der Waals surface area contributed by atoms with Crippen LogP contribution in [0.25, 0.3) is 11.0 Å². The van der Waals surface area contributed by atoms with Gasteiger partial charge in [0.05, 0.1) is 11.1 Å². The predicted octanol–water partition coefficient (Wildman–Crippen LogP) is 2.51. The van der Waals surface area contributed by atoms with Gasteiger partial charge in [-0.3, -0.25) is 5.10 Å². The van der Waals surface area contributed by atoms with Crippen LogP contribution < -0.4 is 4.90 Å². The van der Waals surface area contributed by atoms with Gasteiger partial charge < -0.3 is 5.11 Å². The van der Waals surface area contributed by atoms with E-state index in [0.717, 1.165) is 42.5 Å². The van der Waals surface area contributed by atoms with Gasteiger partial charge in [0.1, 0.15) is 0 Å². The first-order valence-electron chi connectivity index (χ1n) is 7.15. The number of H-pyrrole nitrogens is 1. The molecule has 0 saturated carbocycles. The Balaban J connectivity index is 2.19. The minimum atomic E-state index is -1.06. The molecule has 21 heavy (non-hydrogen) atoms. The van der Waals surface area contributed by atoms with Gasteiger partial charge >= 0.3 is 6.09 Å². The molecule has 7 nitrogen and oxygen atoms in total. The summed E-state index contributed by atoms with van der Waals surface area (Å²) in [6.45, 7) is 5.47. The maximum absolute atomic E-state index is 11.6. The molecule has 112 valence electrons. The third kappa shape index (κ3) is 2.32. The number of aromatic nitrogens is 4. The molecule has 0 fully saturated rings. The number of nitrogens with one attached hydrogen (secondary N) is 1. The second-order valence-corrected chi connectivity index (χ2v) is 6.37. The number of aromatic amines is 1. The third-order valence-corrected chi connectivity index (χ3v) is 3.70. The van der Waals surface area contributed by atoms with Gasteiger partial charge in [-0.1, -0.05) is 0 Å². The first-order valence-corrected chi connectivity index (χ1v) is 7.15. The minimum Gasteiger partial charge on any atom is -0.465 e. The number of rotatable bonds is 1. The van der Waals surface area contributed by atoms with Gasteiger partial charge in [0.2, 0.25) is 5.95 Å². The van der Waals surface area contributed by atoms with Gasteiger partial charge in [-0.05, 0) is 46.5 Å². The van der Waals surface area contributed by atoms with Crippen molar-refractivity contribution >= 4 is 23.1 Å². The van der Waals surface area contributed by atoms with E-state index >= 15 is 0 Å². The van der Waals surface area contributed by atoms with E-state index in [-0.39, 0.29) is 5.95 Å². The number of carboxylic acid groups (broad SMARTS) is 1. The van der Waals surface area contributed by atoms with Gasteiger partial charge in [0.25, 0.3) is 0 Å². The number of nitrogens with zero attached hydrogens (tertiary/aromatic N) is 4. The number of hydrogen-bond acceptors (Lipinski definition) is 4. The van der Waals surface area contributed by atoms with Crippen LogP contribution in [-0.2, 0) is 12.8 Å². The van der Waals surface area contributed by atoms with Crippen molar-refractivity contribution in [3.63, 3.8) is 0 Å². The monoisotopic (exact) mass is 289 g/mol. The molecule has 0 unspecified atom stereocenters. The Bertz CT molecular complexity index is 701. The zero-order chi connectivity index (χ0) is 15.2. The van der Waals surface area contributed by atoms with Crippen molar-refractivity contribution in [2.75, 3.05) is 4.90 Å². The fourth-order valence-corrected chi connectivity index (χ4v) is 2.78. The summed E-state index contributed by atoms with van der Waals surface area (Å²) in [6.07, 6.45) is 2.82. The van der Waals surface area contributed by atoms with Gasteiger partial charge in [0, 0.05) is 11.2 Å². The lowest BCUT2D eigenvalue weighted by Crippen LogP contribution is -2.46. The Labute approximate surface area is 122 Å². The molecule has 2 N–H and O–H groups in total. The van der Waals surface area contributed by atoms with Crippen molar-refractivity contribution in [1.29, 1.82) is 0 Å². The van der Waals surface area contributed by atoms with Crippen LogP contribution in [0.4, 0.5) is 10.7 Å². The smallest absolute Gasteiger partial charge is 0.414 e. The first kappa shape index (κ1) is 13.8. The lowest BCUT2D eigenvalue weighted by molar-refractivity contribution is 0.195. The van der Waals surface area contributed by atoms with Crippen molar-refractivity contribution in [2.45, 2.75) is 52.0 Å². The van der Waals surface area contributed by atoms with Gasteiger partial charge in [0.15, 0.2) is 5.65 Å². The average molecular weight is 289 g/mol. The molecule has 0 spiro atoms. The quantitative estimate of drug-likeness (QED) is 0.841. The second-order valence-electron chi connectivity index (χ2n) is 6.37. The van der Waals surface area contributed by atoms with Crippen molar-refractivity contribution < 1.29 is 9.90 Å². The van der Waals surface area contributed by atoms with Crippen LogP contribution in [0.15, 0.2) is 0 Å². The van der Waals surface area contributed by atoms with Crippen molar-refractivity contribution in [3.05, 3.63) is 11.4 Å². The SMILES string of the molecule is CC(C)(C)N(C(=O)O)c1nc2c3c([nH]nc3n1)CCCC2. The maximum atomic E-state index is 11.6. The van der Waals surface area contributed by atoms with E-state index in [9.17, 15) is 9.90 Å². The van der Waals surface area contributed by atoms with Crippen molar-refractivity contribution in [1.82, 2.24) is 20.2 Å². The summed E-state index contributed by atoms with van der Waals surface area (Å²) in [5.74, 6) is 0.206. The molecule has 0 bridgehead atoms. The largest absolute Gasteiger partial charge is 0.465 e. The van der Waals surface area contributed by atoms with Crippen LogP contribution in [0.2, 0.25) is 0 Å². The molecule has 3 rings (SSSR count). The molecule has 2 aromatic heterocycles. The molecule has 1 aliphatic rings. The molecular weight excluding hydrogens is 270 g/mol. The standard InChI is InChI=1S/C14H19N5O2/c1-14(2,3)19(13(20)21)12-15-8-6-4-5-7-9-10(8)11(16-12)18-17-9/h4-7H2,1-3H3,(H,20,21)(H,15,16,17,18). The number of aryl methyl sites for hydroxylation is 2. The fourth-order valence-electron chi connectivity index (χ4n) is 2.78. The van der Waals surface area contributed by atoms with Crippen LogP contribution >= 0.6 is 0 Å². The molecule has 1 amide bonds. The minimum absolute atomic E-state index is 0.206. The van der Waals surface area contributed by atoms with Gasteiger partial charge in [-0.25, -0.2) is 14.7 Å². The molecule has 0 radical (unpaired) electrons. The third-order valence-electron chi connectivity index (χ3n) is 3.70. The maximum Gasteiger partial charge on any atom is 0.414 e. The van der Waals surface area contributed by atoms with Crippen LogP contribution in [-0.4, -0.2) is 36.9 Å². The van der Waals surface area contributed by atoms with E-state index in [1.807, 2.05) is 20.8 Å². The van der Waals surface area contributed by atoms with Crippen molar-refractivity contribution in [2.24, 2.45) is 0 Å². The molecule has 0 saturated heterocycles. The number of anilines is 1. The average Bonchev–Trinajstić information content (AvgIpc) is 2.63. The van der Waals surface area contributed by atoms with Crippen LogP contribution in [0, 0.1) is 0 Å². The zero-order valence-corrected chi connectivity index (χ0v) is 12.5. The highest BCUT2D eigenvalue weighted by atomic mass is 16.4. The predicted molar refractivity (Wildman–Crippen MR) is 78.6 cm³/mol. The number of amides is 1. The topological polar surface area (TPSA) is 95.0 Å². The molecular formula is C14H19N5O2. The van der Waals surface area contributed by atoms with E-state index in [4.69, 9.17) is 0 Å². The Morgan fingerprint density at radius 1 is 1.24 bits per heavy atom. The van der Waals surface area contributed by atoms with Crippen LogP contribution in [0.3, 0.4) is 0 Å². The number of hydrogen-bond donors (Lipinski definition) is 2. The highest BCUT2D eigenvalue weighted by Crippen LogP contribution is 2.28. The Morgan fingerprint density at radius 3 is 2.62 bits per heavy atom. The zero-order valence-electron chi connectivity index (χ0n) is 12.5. The molecule has 2 aromatic rings. The van der Waals surface area contributed by atoms with Crippen LogP contribution in [0.1, 0.15) is 45.0 Å². The Hall–Kier alpha value is -2.18. The molecule has 0 aliphatic heterocycles. The molecule has 0 aromatic carbocycles. The van der Waals surface area contributed by atoms with E-state index in [0.29, 0.717) is 5.65 Å². The summed E-state index contributed by atoms with van der Waals surface area (Å²) >= 11 is 0. The molecule has 1 aliphatic carbocycles. The summed E-state index contributed by atoms with van der Waals surface area (Å²) < 4.78 is 0. The fraction of sp³-hybridized carbons (Fsp3) is 0.571. The van der Waals surface area contributed by atoms with E-state index in [2.05, 4.69) is 20.2 Å². The molecule has 2 heterocycles. The second kappa shape index (κ2) is 4.68. The summed E-state index contributed by atoms with van der Waals surface area (Å²) in [4.78, 5) is 21.7. The van der Waals surface area contributed by atoms with Gasteiger partial charge in [-0.2, -0.15) is 10.1 Å². The molecule has 7 heteroatoms. The highest BCUT2D eigenvalue weighted by Gasteiger charge is 2.31. The Kier molecular flexibility index (Phi) is 3.07. The first-order chi connectivity index (χ1) is 9.88. The summed E-state index contributed by atoms with van der Waals surface area (Å²) in [5.41, 5.74) is 1.90. The Morgan fingerprint density at radius 2 is 1.95 bits per heavy atom.